The van der Waals surface area contributed by atoms with Crippen LogP contribution in [0, 0.1) is 11.3 Å². The van der Waals surface area contributed by atoms with E-state index in [1.807, 2.05) is 24.3 Å². The van der Waals surface area contributed by atoms with Crippen molar-refractivity contribution in [2.24, 2.45) is 0 Å². The van der Waals surface area contributed by atoms with Crippen molar-refractivity contribution in [2.75, 3.05) is 32.5 Å². The van der Waals surface area contributed by atoms with E-state index in [1.165, 1.54) is 0 Å². The van der Waals surface area contributed by atoms with Gasteiger partial charge < -0.3 is 10.2 Å². The number of likely N-dealkylation sites (N-methyl/N-ethyl adjacent to an activating group) is 1. The van der Waals surface area contributed by atoms with Crippen LogP contribution in [-0.2, 0) is 6.42 Å². The van der Waals surface area contributed by atoms with E-state index in [0.717, 1.165) is 24.3 Å². The topological polar surface area (TPSA) is 39.1 Å². The highest BCUT2D eigenvalue weighted by atomic mass is 15.1. The summed E-state index contributed by atoms with van der Waals surface area (Å²) in [6.07, 6.45) is 0.484. The van der Waals surface area contributed by atoms with E-state index in [2.05, 4.69) is 30.4 Å². The molecule has 0 aliphatic rings. The lowest BCUT2D eigenvalue weighted by molar-refractivity contribution is 0.425. The highest BCUT2D eigenvalue weighted by Gasteiger charge is 1.94. The predicted molar refractivity (Wildman–Crippen MR) is 62.8 cm³/mol. The van der Waals surface area contributed by atoms with Gasteiger partial charge in [-0.1, -0.05) is 12.1 Å². The normalized spacial score (nSPS) is 10.0. The van der Waals surface area contributed by atoms with Gasteiger partial charge in [0.15, 0.2) is 0 Å². The Bertz CT molecular complexity index is 322. The molecule has 0 bridgehead atoms. The Morgan fingerprint density at radius 3 is 2.47 bits per heavy atom. The Balaban J connectivity index is 2.40. The lowest BCUT2D eigenvalue weighted by Gasteiger charge is -2.11. The number of hydrogen-bond acceptors (Lipinski definition) is 3. The summed E-state index contributed by atoms with van der Waals surface area (Å²) >= 11 is 0. The van der Waals surface area contributed by atoms with Gasteiger partial charge in [0.1, 0.15) is 0 Å². The minimum atomic E-state index is 0.484. The number of nitrogens with zero attached hydrogens (tertiary/aromatic N) is 2. The van der Waals surface area contributed by atoms with Crippen molar-refractivity contribution in [3.05, 3.63) is 29.8 Å². The molecule has 0 amide bonds. The predicted octanol–water partition coefficient (Wildman–Crippen LogP) is 1.73. The Hall–Kier alpha value is -1.53. The molecule has 3 nitrogen and oxygen atoms in total. The van der Waals surface area contributed by atoms with Gasteiger partial charge in [-0.2, -0.15) is 5.26 Å². The third kappa shape index (κ3) is 4.48. The number of benzene rings is 1. The van der Waals surface area contributed by atoms with Crippen LogP contribution in [0.3, 0.4) is 0 Å². The summed E-state index contributed by atoms with van der Waals surface area (Å²) in [6, 6.07) is 10.1. The van der Waals surface area contributed by atoms with Crippen LogP contribution < -0.4 is 5.32 Å². The molecule has 0 atom stereocenters. The Morgan fingerprint density at radius 1 is 1.27 bits per heavy atom. The molecule has 0 saturated carbocycles. The van der Waals surface area contributed by atoms with Gasteiger partial charge in [0.25, 0.3) is 0 Å². The highest BCUT2D eigenvalue weighted by molar-refractivity contribution is 5.44. The molecule has 0 saturated heterocycles. The van der Waals surface area contributed by atoms with Crippen LogP contribution in [0.2, 0.25) is 0 Å². The van der Waals surface area contributed by atoms with Crippen LogP contribution in [0.1, 0.15) is 5.56 Å². The molecule has 1 aromatic rings. The first-order chi connectivity index (χ1) is 7.22. The van der Waals surface area contributed by atoms with Crippen molar-refractivity contribution in [3.63, 3.8) is 0 Å². The molecule has 0 heterocycles. The molecule has 1 rings (SSSR count). The summed E-state index contributed by atoms with van der Waals surface area (Å²) in [5.41, 5.74) is 2.18. The Morgan fingerprint density at radius 2 is 1.93 bits per heavy atom. The second-order valence-electron chi connectivity index (χ2n) is 3.76. The van der Waals surface area contributed by atoms with E-state index < -0.39 is 0 Å². The minimum absolute atomic E-state index is 0.484. The first-order valence-corrected chi connectivity index (χ1v) is 5.07. The molecule has 1 aromatic carbocycles. The van der Waals surface area contributed by atoms with E-state index in [9.17, 15) is 0 Å². The maximum absolute atomic E-state index is 8.52. The van der Waals surface area contributed by atoms with Crippen molar-refractivity contribution >= 4 is 5.69 Å². The number of hydrogen-bond donors (Lipinski definition) is 1. The van der Waals surface area contributed by atoms with Gasteiger partial charge >= 0.3 is 0 Å². The maximum atomic E-state index is 8.52. The van der Waals surface area contributed by atoms with Gasteiger partial charge in [-0.15, -0.1) is 0 Å². The van der Waals surface area contributed by atoms with Crippen molar-refractivity contribution in [1.29, 1.82) is 5.26 Å². The summed E-state index contributed by atoms with van der Waals surface area (Å²) in [4.78, 5) is 2.14. The van der Waals surface area contributed by atoms with Crippen LogP contribution in [0.4, 0.5) is 5.69 Å². The fraction of sp³-hybridized carbons (Fsp3) is 0.417. The molecular formula is C12H17N3. The van der Waals surface area contributed by atoms with Crippen LogP contribution in [-0.4, -0.2) is 32.1 Å². The van der Waals surface area contributed by atoms with E-state index in [-0.39, 0.29) is 0 Å². The van der Waals surface area contributed by atoms with Crippen molar-refractivity contribution in [3.8, 4) is 6.07 Å². The van der Waals surface area contributed by atoms with Crippen LogP contribution >= 0.6 is 0 Å². The van der Waals surface area contributed by atoms with Crippen LogP contribution in [0.25, 0.3) is 0 Å². The highest BCUT2D eigenvalue weighted by Crippen LogP contribution is 2.09. The summed E-state index contributed by atoms with van der Waals surface area (Å²) in [6.45, 7) is 1.95. The lowest BCUT2D eigenvalue weighted by Crippen LogP contribution is -2.20. The number of rotatable bonds is 5. The molecule has 0 aliphatic carbocycles. The third-order valence-corrected chi connectivity index (χ3v) is 2.13. The molecule has 0 fully saturated rings. The van der Waals surface area contributed by atoms with E-state index in [4.69, 9.17) is 5.26 Å². The molecule has 0 spiro atoms. The first kappa shape index (κ1) is 11.5. The van der Waals surface area contributed by atoms with E-state index in [0.29, 0.717) is 6.42 Å². The number of nitrogens with one attached hydrogen (secondary N) is 1. The van der Waals surface area contributed by atoms with Crippen molar-refractivity contribution in [1.82, 2.24) is 4.90 Å². The van der Waals surface area contributed by atoms with Gasteiger partial charge in [0.2, 0.25) is 0 Å². The molecule has 0 aromatic heterocycles. The van der Waals surface area contributed by atoms with Gasteiger partial charge in [-0.25, -0.2) is 0 Å². The quantitative estimate of drug-likeness (QED) is 0.792. The summed E-state index contributed by atoms with van der Waals surface area (Å²) in [5.74, 6) is 0. The number of nitriles is 1. The van der Waals surface area contributed by atoms with Crippen LogP contribution in [0.5, 0.6) is 0 Å². The lowest BCUT2D eigenvalue weighted by atomic mass is 10.1. The average Bonchev–Trinajstić information content (AvgIpc) is 2.20. The fourth-order valence-corrected chi connectivity index (χ4v) is 1.26. The van der Waals surface area contributed by atoms with Crippen molar-refractivity contribution in [2.45, 2.75) is 6.42 Å². The fourth-order valence-electron chi connectivity index (χ4n) is 1.26. The average molecular weight is 203 g/mol. The van der Waals surface area contributed by atoms with E-state index in [1.54, 1.807) is 0 Å². The first-order valence-electron chi connectivity index (χ1n) is 5.07. The molecule has 0 radical (unpaired) electrons. The Labute approximate surface area is 91.3 Å². The maximum Gasteiger partial charge on any atom is 0.0669 e. The standard InChI is InChI=1S/C12H17N3/c1-15(2)10-9-14-12-5-3-11(4-6-12)7-8-13/h3-6,14H,7,9-10H2,1-2H3. The molecule has 0 aliphatic heterocycles. The number of anilines is 1. The van der Waals surface area contributed by atoms with Crippen molar-refractivity contribution < 1.29 is 0 Å². The molecule has 1 N–H and O–H groups in total. The molecule has 80 valence electrons. The molecule has 15 heavy (non-hydrogen) atoms. The largest absolute Gasteiger partial charge is 0.384 e. The third-order valence-electron chi connectivity index (χ3n) is 2.13. The SMILES string of the molecule is CN(C)CCNc1ccc(CC#N)cc1. The zero-order chi connectivity index (χ0) is 11.1. The molecule has 0 unspecified atom stereocenters. The summed E-state index contributed by atoms with van der Waals surface area (Å²) in [5, 5.41) is 11.8. The second-order valence-corrected chi connectivity index (χ2v) is 3.76. The summed E-state index contributed by atoms with van der Waals surface area (Å²) in [7, 11) is 4.11. The smallest absolute Gasteiger partial charge is 0.0669 e. The monoisotopic (exact) mass is 203 g/mol. The second kappa shape index (κ2) is 6.05. The van der Waals surface area contributed by atoms with Crippen LogP contribution in [0.15, 0.2) is 24.3 Å². The summed E-state index contributed by atoms with van der Waals surface area (Å²) < 4.78 is 0. The zero-order valence-corrected chi connectivity index (χ0v) is 9.33. The Kier molecular flexibility index (Phi) is 4.65. The van der Waals surface area contributed by atoms with Gasteiger partial charge in [0, 0.05) is 18.8 Å². The molecular weight excluding hydrogens is 186 g/mol. The van der Waals surface area contributed by atoms with Gasteiger partial charge in [-0.3, -0.25) is 0 Å². The van der Waals surface area contributed by atoms with Gasteiger partial charge in [0.05, 0.1) is 12.5 Å². The zero-order valence-electron chi connectivity index (χ0n) is 9.33. The van der Waals surface area contributed by atoms with Gasteiger partial charge in [-0.05, 0) is 31.8 Å². The minimum Gasteiger partial charge on any atom is -0.384 e. The van der Waals surface area contributed by atoms with E-state index >= 15 is 0 Å². The molecule has 3 heteroatoms.